The Kier molecular flexibility index (Phi) is 5.26. The van der Waals surface area contributed by atoms with Crippen LogP contribution in [0.4, 0.5) is 13.2 Å². The van der Waals surface area contributed by atoms with E-state index in [1.165, 1.54) is 24.0 Å². The molecule has 0 bridgehead atoms. The van der Waals surface area contributed by atoms with Crippen molar-refractivity contribution in [2.24, 2.45) is 0 Å². The highest BCUT2D eigenvalue weighted by molar-refractivity contribution is 5.94. The van der Waals surface area contributed by atoms with Gasteiger partial charge in [-0.05, 0) is 61.1 Å². The topological polar surface area (TPSA) is 38.3 Å². The van der Waals surface area contributed by atoms with Crippen LogP contribution >= 0.6 is 0 Å². The fraction of sp³-hybridized carbons (Fsp3) is 0.316. The molecule has 0 saturated heterocycles. The van der Waals surface area contributed by atoms with E-state index in [1.54, 1.807) is 0 Å². The van der Waals surface area contributed by atoms with E-state index in [2.05, 4.69) is 11.4 Å². The maximum Gasteiger partial charge on any atom is 0.254 e. The van der Waals surface area contributed by atoms with Gasteiger partial charge in [0.15, 0.2) is 17.5 Å². The second kappa shape index (κ2) is 7.59. The number of nitrogens with one attached hydrogen (secondary N) is 1. The van der Waals surface area contributed by atoms with Gasteiger partial charge in [0.1, 0.15) is 12.4 Å². The highest BCUT2D eigenvalue weighted by Gasteiger charge is 2.18. The number of amides is 1. The predicted octanol–water partition coefficient (Wildman–Crippen LogP) is 3.79. The maximum absolute atomic E-state index is 13.5. The zero-order chi connectivity index (χ0) is 17.8. The molecule has 1 aliphatic rings. The van der Waals surface area contributed by atoms with Crippen LogP contribution in [-0.4, -0.2) is 19.1 Å². The van der Waals surface area contributed by atoms with Crippen molar-refractivity contribution in [1.82, 2.24) is 5.32 Å². The van der Waals surface area contributed by atoms with Gasteiger partial charge >= 0.3 is 0 Å². The highest BCUT2D eigenvalue weighted by Crippen LogP contribution is 2.25. The van der Waals surface area contributed by atoms with Crippen molar-refractivity contribution in [2.75, 3.05) is 13.2 Å². The molecule has 132 valence electrons. The Balaban J connectivity index is 1.52. The zero-order valence-electron chi connectivity index (χ0n) is 13.6. The highest BCUT2D eigenvalue weighted by atomic mass is 19.2. The van der Waals surface area contributed by atoms with Gasteiger partial charge in [0.25, 0.3) is 5.91 Å². The van der Waals surface area contributed by atoms with Gasteiger partial charge in [-0.2, -0.15) is 0 Å². The summed E-state index contributed by atoms with van der Waals surface area (Å²) in [5.74, 6) is -4.57. The molecule has 3 rings (SSSR count). The van der Waals surface area contributed by atoms with Crippen molar-refractivity contribution in [2.45, 2.75) is 25.7 Å². The van der Waals surface area contributed by atoms with Crippen molar-refractivity contribution < 1.29 is 22.7 Å². The second-order valence-corrected chi connectivity index (χ2v) is 5.96. The lowest BCUT2D eigenvalue weighted by Gasteiger charge is -2.17. The van der Waals surface area contributed by atoms with Crippen LogP contribution in [0.1, 0.15) is 34.3 Å². The third kappa shape index (κ3) is 3.95. The second-order valence-electron chi connectivity index (χ2n) is 5.96. The summed E-state index contributed by atoms with van der Waals surface area (Å²) in [6.45, 7) is 0.310. The zero-order valence-corrected chi connectivity index (χ0v) is 13.6. The largest absolute Gasteiger partial charge is 0.492 e. The van der Waals surface area contributed by atoms with Crippen molar-refractivity contribution in [3.05, 3.63) is 64.5 Å². The summed E-state index contributed by atoms with van der Waals surface area (Å²) in [5.41, 5.74) is 2.10. The first-order chi connectivity index (χ1) is 12.1. The van der Waals surface area contributed by atoms with E-state index in [-0.39, 0.29) is 13.2 Å². The summed E-state index contributed by atoms with van der Waals surface area (Å²) < 4.78 is 45.1. The lowest BCUT2D eigenvalue weighted by Crippen LogP contribution is -2.29. The molecule has 0 fully saturated rings. The molecular formula is C19H18F3NO2. The first kappa shape index (κ1) is 17.3. The molecule has 1 aliphatic carbocycles. The molecular weight excluding hydrogens is 331 g/mol. The lowest BCUT2D eigenvalue weighted by molar-refractivity contribution is 0.0941. The number of hydrogen-bond donors (Lipinski definition) is 1. The smallest absolute Gasteiger partial charge is 0.254 e. The van der Waals surface area contributed by atoms with Gasteiger partial charge in [-0.3, -0.25) is 4.79 Å². The normalized spacial score (nSPS) is 13.2. The molecule has 0 aromatic heterocycles. The molecule has 0 heterocycles. The van der Waals surface area contributed by atoms with Gasteiger partial charge in [0.05, 0.1) is 12.1 Å². The van der Waals surface area contributed by atoms with Crippen molar-refractivity contribution in [3.63, 3.8) is 0 Å². The van der Waals surface area contributed by atoms with E-state index >= 15 is 0 Å². The maximum atomic E-state index is 13.5. The number of fused-ring (bicyclic) bond motifs is 1. The number of ether oxygens (including phenoxy) is 1. The average Bonchev–Trinajstić information content (AvgIpc) is 2.63. The lowest BCUT2D eigenvalue weighted by atomic mass is 9.92. The number of rotatable bonds is 5. The van der Waals surface area contributed by atoms with Crippen LogP contribution in [0, 0.1) is 17.5 Å². The van der Waals surface area contributed by atoms with Crippen molar-refractivity contribution in [3.8, 4) is 5.75 Å². The summed E-state index contributed by atoms with van der Waals surface area (Å²) in [6.07, 6.45) is 4.51. The molecule has 2 aromatic carbocycles. The van der Waals surface area contributed by atoms with E-state index < -0.39 is 28.9 Å². The van der Waals surface area contributed by atoms with Gasteiger partial charge in [0.2, 0.25) is 0 Å². The summed E-state index contributed by atoms with van der Waals surface area (Å²) in [6, 6.07) is 7.58. The Morgan fingerprint density at radius 2 is 1.76 bits per heavy atom. The first-order valence-corrected chi connectivity index (χ1v) is 8.22. The van der Waals surface area contributed by atoms with Crippen LogP contribution in [0.5, 0.6) is 5.75 Å². The third-order valence-electron chi connectivity index (χ3n) is 4.26. The van der Waals surface area contributed by atoms with Crippen LogP contribution in [0.3, 0.4) is 0 Å². The Morgan fingerprint density at radius 1 is 1.00 bits per heavy atom. The molecule has 25 heavy (non-hydrogen) atoms. The average molecular weight is 349 g/mol. The number of aryl methyl sites for hydroxylation is 2. The van der Waals surface area contributed by atoms with Gasteiger partial charge in [-0.15, -0.1) is 0 Å². The monoisotopic (exact) mass is 349 g/mol. The summed E-state index contributed by atoms with van der Waals surface area (Å²) >= 11 is 0. The van der Waals surface area contributed by atoms with Crippen LogP contribution in [0.15, 0.2) is 30.3 Å². The molecule has 0 radical (unpaired) electrons. The minimum Gasteiger partial charge on any atom is -0.492 e. The van der Waals surface area contributed by atoms with E-state index in [0.717, 1.165) is 25.0 Å². The quantitative estimate of drug-likeness (QED) is 0.659. The van der Waals surface area contributed by atoms with E-state index in [0.29, 0.717) is 5.75 Å². The molecule has 1 N–H and O–H groups in total. The third-order valence-corrected chi connectivity index (χ3v) is 4.26. The van der Waals surface area contributed by atoms with Crippen molar-refractivity contribution in [1.29, 1.82) is 0 Å². The summed E-state index contributed by atoms with van der Waals surface area (Å²) in [7, 11) is 0. The number of benzene rings is 2. The number of carbonyl (C=O) groups excluding carboxylic acids is 1. The minimum atomic E-state index is -1.65. The molecule has 0 spiro atoms. The molecule has 0 aliphatic heterocycles. The standard InChI is InChI=1S/C19H18F3NO2/c20-16-8-7-15(17(21)18(16)22)19(24)23-9-10-25-14-6-5-12-3-1-2-4-13(12)11-14/h5-8,11H,1-4,9-10H2,(H,23,24). The molecule has 1 amide bonds. The van der Waals surface area contributed by atoms with Crippen LogP contribution < -0.4 is 10.1 Å². The number of halogens is 3. The van der Waals surface area contributed by atoms with E-state index in [4.69, 9.17) is 4.74 Å². The van der Waals surface area contributed by atoms with Gasteiger partial charge < -0.3 is 10.1 Å². The molecule has 2 aromatic rings. The Bertz CT molecular complexity index is 792. The molecule has 3 nitrogen and oxygen atoms in total. The summed E-state index contributed by atoms with van der Waals surface area (Å²) in [4.78, 5) is 11.8. The van der Waals surface area contributed by atoms with Gasteiger partial charge in [0, 0.05) is 0 Å². The number of carbonyl (C=O) groups is 1. The summed E-state index contributed by atoms with van der Waals surface area (Å²) in [5, 5.41) is 2.43. The SMILES string of the molecule is O=C(NCCOc1ccc2c(c1)CCCC2)c1ccc(F)c(F)c1F. The van der Waals surface area contributed by atoms with E-state index in [1.807, 2.05) is 12.1 Å². The fourth-order valence-electron chi connectivity index (χ4n) is 2.93. The molecule has 0 unspecified atom stereocenters. The molecule has 6 heteroatoms. The fourth-order valence-corrected chi connectivity index (χ4v) is 2.93. The Hall–Kier alpha value is -2.50. The number of hydrogen-bond acceptors (Lipinski definition) is 2. The first-order valence-electron chi connectivity index (χ1n) is 8.22. The van der Waals surface area contributed by atoms with Gasteiger partial charge in [-0.25, -0.2) is 13.2 Å². The van der Waals surface area contributed by atoms with Gasteiger partial charge in [-0.1, -0.05) is 6.07 Å². The predicted molar refractivity (Wildman–Crippen MR) is 87.2 cm³/mol. The van der Waals surface area contributed by atoms with Crippen LogP contribution in [0.25, 0.3) is 0 Å². The Morgan fingerprint density at radius 3 is 2.56 bits per heavy atom. The van der Waals surface area contributed by atoms with Crippen LogP contribution in [0.2, 0.25) is 0 Å². The van der Waals surface area contributed by atoms with Crippen LogP contribution in [-0.2, 0) is 12.8 Å². The molecule has 0 atom stereocenters. The molecule has 0 saturated carbocycles. The van der Waals surface area contributed by atoms with E-state index in [9.17, 15) is 18.0 Å². The Labute approximate surface area is 143 Å². The van der Waals surface area contributed by atoms with Crippen molar-refractivity contribution >= 4 is 5.91 Å². The minimum absolute atomic E-state index is 0.119.